The first-order valence-corrected chi connectivity index (χ1v) is 11.7. The van der Waals surface area contributed by atoms with Crippen molar-refractivity contribution in [2.45, 2.75) is 26.1 Å². The van der Waals surface area contributed by atoms with Gasteiger partial charge in [0.25, 0.3) is 0 Å². The molecule has 1 heterocycles. The highest BCUT2D eigenvalue weighted by atomic mass is 28.3. The van der Waals surface area contributed by atoms with E-state index in [1.54, 1.807) is 5.20 Å². The number of benzene rings is 2. The zero-order valence-corrected chi connectivity index (χ0v) is 14.9. The maximum Gasteiger partial charge on any atom is 0.0729 e. The molecule has 0 saturated carbocycles. The van der Waals surface area contributed by atoms with Crippen LogP contribution in [0.15, 0.2) is 59.9 Å². The van der Waals surface area contributed by atoms with Gasteiger partial charge in [0.15, 0.2) is 0 Å². The van der Waals surface area contributed by atoms with Gasteiger partial charge >= 0.3 is 0 Å². The summed E-state index contributed by atoms with van der Waals surface area (Å²) in [6.45, 7) is 7.30. The summed E-state index contributed by atoms with van der Waals surface area (Å²) in [7, 11) is -1.24. The van der Waals surface area contributed by atoms with Gasteiger partial charge in [-0.05, 0) is 35.2 Å². The molecule has 2 heteroatoms. The van der Waals surface area contributed by atoms with Crippen LogP contribution >= 0.6 is 0 Å². The van der Waals surface area contributed by atoms with E-state index in [0.29, 0.717) is 0 Å². The van der Waals surface area contributed by atoms with Crippen LogP contribution in [0, 0.1) is 0 Å². The smallest absolute Gasteiger partial charge is 0.0729 e. The number of hydrogen-bond donors (Lipinski definition) is 0. The Morgan fingerprint density at radius 1 is 0.957 bits per heavy atom. The number of nitrogens with zero attached hydrogens (tertiary/aromatic N) is 1. The molecular formula is C21H21NSi. The number of para-hydroxylation sites is 1. The molecule has 3 aromatic rings. The monoisotopic (exact) mass is 315 g/mol. The summed E-state index contributed by atoms with van der Waals surface area (Å²) in [5.41, 5.74) is 6.46. The Kier molecular flexibility index (Phi) is 3.24. The molecule has 23 heavy (non-hydrogen) atoms. The third kappa shape index (κ3) is 2.53. The fourth-order valence-corrected chi connectivity index (χ4v) is 4.62. The van der Waals surface area contributed by atoms with Crippen LogP contribution in [0.3, 0.4) is 0 Å². The Bertz CT molecular complexity index is 932. The lowest BCUT2D eigenvalue weighted by atomic mass is 9.97. The SMILES string of the molecule is C[Si](C)(C)C1=Cc2c(cccc2-c2cnc3ccccc3c2)C1. The molecule has 0 aliphatic heterocycles. The highest BCUT2D eigenvalue weighted by Crippen LogP contribution is 2.37. The first kappa shape index (κ1) is 14.4. The molecule has 1 nitrogen and oxygen atoms in total. The van der Waals surface area contributed by atoms with E-state index in [1.165, 1.54) is 27.6 Å². The first-order chi connectivity index (χ1) is 11.0. The third-order valence-electron chi connectivity index (χ3n) is 4.76. The van der Waals surface area contributed by atoms with Gasteiger partial charge in [0.05, 0.1) is 13.6 Å². The van der Waals surface area contributed by atoms with Crippen molar-refractivity contribution in [2.24, 2.45) is 0 Å². The van der Waals surface area contributed by atoms with E-state index in [4.69, 9.17) is 0 Å². The summed E-state index contributed by atoms with van der Waals surface area (Å²) in [6, 6.07) is 17.3. The predicted octanol–water partition coefficient (Wildman–Crippen LogP) is 5.72. The summed E-state index contributed by atoms with van der Waals surface area (Å²) in [5, 5.41) is 2.85. The van der Waals surface area contributed by atoms with Gasteiger partial charge in [-0.2, -0.15) is 0 Å². The number of allylic oxidation sites excluding steroid dienone is 1. The first-order valence-electron chi connectivity index (χ1n) is 8.20. The van der Waals surface area contributed by atoms with Gasteiger partial charge in [0.1, 0.15) is 0 Å². The molecular weight excluding hydrogens is 294 g/mol. The molecule has 1 aliphatic carbocycles. The van der Waals surface area contributed by atoms with E-state index < -0.39 is 8.07 Å². The zero-order chi connectivity index (χ0) is 16.0. The summed E-state index contributed by atoms with van der Waals surface area (Å²) >= 11 is 0. The Hall–Kier alpha value is -2.19. The lowest BCUT2D eigenvalue weighted by Gasteiger charge is -2.17. The van der Waals surface area contributed by atoms with E-state index in [-0.39, 0.29) is 0 Å². The standard InChI is InChI=1S/C21H21NSi/c1-23(2,3)18-12-15-8-6-9-19(20(15)13-18)17-11-16-7-4-5-10-21(16)22-14-17/h4-11,13-14H,12H2,1-3H3. The molecule has 4 rings (SSSR count). The minimum Gasteiger partial charge on any atom is -0.256 e. The molecule has 0 unspecified atom stereocenters. The van der Waals surface area contributed by atoms with E-state index in [1.807, 2.05) is 12.3 Å². The molecule has 0 spiro atoms. The maximum absolute atomic E-state index is 4.64. The average Bonchev–Trinajstić information content (AvgIpc) is 2.99. The molecule has 0 amide bonds. The lowest BCUT2D eigenvalue weighted by molar-refractivity contribution is 1.26. The molecule has 0 bridgehead atoms. The van der Waals surface area contributed by atoms with E-state index >= 15 is 0 Å². The summed E-state index contributed by atoms with van der Waals surface area (Å²) in [4.78, 5) is 4.64. The number of fused-ring (bicyclic) bond motifs is 2. The van der Waals surface area contributed by atoms with Crippen molar-refractivity contribution in [3.05, 3.63) is 71.1 Å². The van der Waals surface area contributed by atoms with E-state index in [2.05, 4.69) is 73.2 Å². The minimum absolute atomic E-state index is 1.06. The Labute approximate surface area is 138 Å². The summed E-state index contributed by atoms with van der Waals surface area (Å²) < 4.78 is 0. The number of aromatic nitrogens is 1. The predicted molar refractivity (Wildman–Crippen MR) is 102 cm³/mol. The van der Waals surface area contributed by atoms with Crippen LogP contribution in [-0.4, -0.2) is 13.1 Å². The minimum atomic E-state index is -1.24. The number of rotatable bonds is 2. The van der Waals surface area contributed by atoms with Crippen LogP contribution < -0.4 is 0 Å². The fraction of sp³-hybridized carbons (Fsp3) is 0.190. The van der Waals surface area contributed by atoms with Gasteiger partial charge in [0, 0.05) is 17.1 Å². The fourth-order valence-electron chi connectivity index (χ4n) is 3.32. The highest BCUT2D eigenvalue weighted by molar-refractivity contribution is 6.83. The molecule has 2 aromatic carbocycles. The van der Waals surface area contributed by atoms with Crippen LogP contribution in [0.2, 0.25) is 19.6 Å². The average molecular weight is 315 g/mol. The van der Waals surface area contributed by atoms with Crippen LogP contribution in [0.5, 0.6) is 0 Å². The second kappa shape index (κ2) is 5.17. The Morgan fingerprint density at radius 3 is 2.61 bits per heavy atom. The van der Waals surface area contributed by atoms with Crippen molar-refractivity contribution in [3.63, 3.8) is 0 Å². The number of hydrogen-bond acceptors (Lipinski definition) is 1. The van der Waals surface area contributed by atoms with Crippen molar-refractivity contribution in [1.82, 2.24) is 4.98 Å². The molecule has 0 saturated heterocycles. The Balaban J connectivity index is 1.87. The molecule has 1 aromatic heterocycles. The maximum atomic E-state index is 4.64. The molecule has 0 atom stereocenters. The van der Waals surface area contributed by atoms with Gasteiger partial charge in [0.2, 0.25) is 0 Å². The molecule has 0 fully saturated rings. The van der Waals surface area contributed by atoms with Gasteiger partial charge in [-0.25, -0.2) is 0 Å². The van der Waals surface area contributed by atoms with Crippen LogP contribution in [-0.2, 0) is 6.42 Å². The Morgan fingerprint density at radius 2 is 1.78 bits per heavy atom. The summed E-state index contributed by atoms with van der Waals surface area (Å²) in [6.07, 6.45) is 5.59. The normalized spacial score (nSPS) is 14.0. The molecule has 0 N–H and O–H groups in total. The summed E-state index contributed by atoms with van der Waals surface area (Å²) in [5.74, 6) is 0. The van der Waals surface area contributed by atoms with Gasteiger partial charge in [-0.15, -0.1) is 0 Å². The molecule has 114 valence electrons. The van der Waals surface area contributed by atoms with Gasteiger partial charge in [-0.1, -0.05) is 67.3 Å². The topological polar surface area (TPSA) is 12.9 Å². The van der Waals surface area contributed by atoms with Gasteiger partial charge < -0.3 is 0 Å². The van der Waals surface area contributed by atoms with Crippen molar-refractivity contribution < 1.29 is 0 Å². The van der Waals surface area contributed by atoms with E-state index in [0.717, 1.165) is 11.9 Å². The van der Waals surface area contributed by atoms with Crippen molar-refractivity contribution in [2.75, 3.05) is 0 Å². The van der Waals surface area contributed by atoms with E-state index in [9.17, 15) is 0 Å². The van der Waals surface area contributed by atoms with Gasteiger partial charge in [-0.3, -0.25) is 4.98 Å². The second-order valence-electron chi connectivity index (χ2n) is 7.39. The van der Waals surface area contributed by atoms with Crippen molar-refractivity contribution in [3.8, 4) is 11.1 Å². The van der Waals surface area contributed by atoms with Crippen molar-refractivity contribution >= 4 is 25.1 Å². The zero-order valence-electron chi connectivity index (χ0n) is 13.9. The van der Waals surface area contributed by atoms with Crippen LogP contribution in [0.25, 0.3) is 28.1 Å². The van der Waals surface area contributed by atoms with Crippen molar-refractivity contribution in [1.29, 1.82) is 0 Å². The second-order valence-corrected chi connectivity index (χ2v) is 12.5. The molecule has 0 radical (unpaired) electrons. The lowest BCUT2D eigenvalue weighted by Crippen LogP contribution is -2.23. The molecule has 1 aliphatic rings. The van der Waals surface area contributed by atoms with Crippen LogP contribution in [0.4, 0.5) is 0 Å². The van der Waals surface area contributed by atoms with Crippen LogP contribution in [0.1, 0.15) is 11.1 Å². The number of pyridine rings is 1. The quantitative estimate of drug-likeness (QED) is 0.551. The highest BCUT2D eigenvalue weighted by Gasteiger charge is 2.26. The largest absolute Gasteiger partial charge is 0.256 e. The third-order valence-corrected chi connectivity index (χ3v) is 7.01.